The molecule has 0 aliphatic heterocycles. The van der Waals surface area contributed by atoms with Gasteiger partial charge in [0.15, 0.2) is 0 Å². The van der Waals surface area contributed by atoms with Crippen LogP contribution in [0.25, 0.3) is 11.1 Å². The molecule has 1 amide bonds. The summed E-state index contributed by atoms with van der Waals surface area (Å²) in [6.07, 6.45) is 8.50. The summed E-state index contributed by atoms with van der Waals surface area (Å²) in [7, 11) is -3.81. The number of aromatic nitrogens is 1. The Morgan fingerprint density at radius 2 is 2.00 bits per heavy atom. The van der Waals surface area contributed by atoms with Gasteiger partial charge in [0, 0.05) is 18.0 Å². The highest BCUT2D eigenvalue weighted by molar-refractivity contribution is 7.89. The Bertz CT molecular complexity index is 1120. The van der Waals surface area contributed by atoms with Crippen molar-refractivity contribution in [2.75, 3.05) is 6.26 Å². The minimum Gasteiger partial charge on any atom is -0.488 e. The van der Waals surface area contributed by atoms with Gasteiger partial charge < -0.3 is 4.74 Å². The summed E-state index contributed by atoms with van der Waals surface area (Å²) >= 11 is 6.39. The van der Waals surface area contributed by atoms with E-state index in [-0.39, 0.29) is 11.7 Å². The largest absolute Gasteiger partial charge is 0.488 e. The molecule has 0 radical (unpaired) electrons. The number of hydrogen-bond acceptors (Lipinski definition) is 5. The molecule has 9 heteroatoms. The first-order valence-corrected chi connectivity index (χ1v) is 12.0. The van der Waals surface area contributed by atoms with Crippen molar-refractivity contribution in [3.63, 3.8) is 0 Å². The molecule has 4 rings (SSSR count). The maximum absolute atomic E-state index is 14.8. The minimum atomic E-state index is -3.81. The third kappa shape index (κ3) is 4.16. The highest BCUT2D eigenvalue weighted by Gasteiger charge is 2.41. The Morgan fingerprint density at radius 3 is 2.63 bits per heavy atom. The van der Waals surface area contributed by atoms with E-state index < -0.39 is 21.7 Å². The molecular weight excluding hydrogens is 431 g/mol. The van der Waals surface area contributed by atoms with Gasteiger partial charge in [0.25, 0.3) is 5.91 Å². The number of benzene rings is 1. The van der Waals surface area contributed by atoms with Crippen LogP contribution in [0.15, 0.2) is 24.5 Å². The fraction of sp³-hybridized carbons (Fsp3) is 0.429. The van der Waals surface area contributed by atoms with Crippen molar-refractivity contribution in [3.8, 4) is 16.9 Å². The van der Waals surface area contributed by atoms with Crippen LogP contribution in [0.5, 0.6) is 5.75 Å². The molecule has 1 heterocycles. The predicted molar refractivity (Wildman–Crippen MR) is 112 cm³/mol. The standard InChI is InChI=1S/C21H22ClFN2O4S/c1-11-5-15(21(26)25-30(2,27)28)18(23)8-14(11)16-9-24-10-17(22)20(16)29-19-7-12-3-4-13(19)6-12/h5,8-10,12-13,19H,3-4,6-7H2,1-2H3,(H,25,26)/t12-,13+,19-/m0/s1. The van der Waals surface area contributed by atoms with Crippen LogP contribution in [0.4, 0.5) is 4.39 Å². The number of halogens is 2. The molecule has 30 heavy (non-hydrogen) atoms. The van der Waals surface area contributed by atoms with Crippen LogP contribution in [0.2, 0.25) is 5.02 Å². The summed E-state index contributed by atoms with van der Waals surface area (Å²) in [5.41, 5.74) is 1.23. The lowest BCUT2D eigenvalue weighted by atomic mass is 9.96. The van der Waals surface area contributed by atoms with Gasteiger partial charge in [-0.05, 0) is 67.7 Å². The second kappa shape index (κ2) is 7.81. The molecule has 2 aliphatic carbocycles. The number of nitrogens with one attached hydrogen (secondary N) is 1. The van der Waals surface area contributed by atoms with E-state index in [1.807, 2.05) is 0 Å². The molecule has 0 saturated heterocycles. The van der Waals surface area contributed by atoms with Crippen LogP contribution in [-0.2, 0) is 10.0 Å². The molecule has 1 N–H and O–H groups in total. The normalized spacial score (nSPS) is 22.9. The molecule has 1 aromatic heterocycles. The number of ether oxygens (including phenoxy) is 1. The van der Waals surface area contributed by atoms with E-state index in [0.29, 0.717) is 39.3 Å². The first-order valence-electron chi connectivity index (χ1n) is 9.75. The highest BCUT2D eigenvalue weighted by Crippen LogP contribution is 2.48. The van der Waals surface area contributed by atoms with E-state index >= 15 is 0 Å². The topological polar surface area (TPSA) is 85.4 Å². The van der Waals surface area contributed by atoms with Gasteiger partial charge in [-0.25, -0.2) is 17.5 Å². The number of carbonyl (C=O) groups excluding carboxylic acids is 1. The van der Waals surface area contributed by atoms with E-state index in [1.54, 1.807) is 17.8 Å². The Balaban J connectivity index is 1.70. The number of carbonyl (C=O) groups is 1. The van der Waals surface area contributed by atoms with Crippen LogP contribution in [0.3, 0.4) is 0 Å². The summed E-state index contributed by atoms with van der Waals surface area (Å²) in [5, 5.41) is 0.342. The van der Waals surface area contributed by atoms with E-state index in [0.717, 1.165) is 19.1 Å². The Kier molecular flexibility index (Phi) is 5.48. The minimum absolute atomic E-state index is 0.0763. The molecule has 1 aromatic carbocycles. The number of hydrogen-bond donors (Lipinski definition) is 1. The number of nitrogens with zero attached hydrogens (tertiary/aromatic N) is 1. The van der Waals surface area contributed by atoms with Crippen molar-refractivity contribution in [1.82, 2.24) is 9.71 Å². The maximum atomic E-state index is 14.8. The maximum Gasteiger partial charge on any atom is 0.267 e. The van der Waals surface area contributed by atoms with Crippen molar-refractivity contribution in [3.05, 3.63) is 46.5 Å². The third-order valence-corrected chi connectivity index (χ3v) is 6.75. The third-order valence-electron chi connectivity index (χ3n) is 5.92. The molecular formula is C21H22ClFN2O4S. The average molecular weight is 453 g/mol. The predicted octanol–water partition coefficient (Wildman–Crippen LogP) is 4.11. The van der Waals surface area contributed by atoms with Crippen molar-refractivity contribution >= 4 is 27.5 Å². The van der Waals surface area contributed by atoms with E-state index in [1.165, 1.54) is 31.2 Å². The van der Waals surface area contributed by atoms with Gasteiger partial charge in [-0.3, -0.25) is 9.78 Å². The monoisotopic (exact) mass is 452 g/mol. The molecule has 0 spiro atoms. The van der Waals surface area contributed by atoms with Crippen LogP contribution in [-0.4, -0.2) is 31.7 Å². The van der Waals surface area contributed by atoms with Crippen LogP contribution < -0.4 is 9.46 Å². The van der Waals surface area contributed by atoms with Crippen molar-refractivity contribution in [2.24, 2.45) is 11.8 Å². The number of amides is 1. The summed E-state index contributed by atoms with van der Waals surface area (Å²) in [6, 6.07) is 2.50. The number of pyridine rings is 1. The van der Waals surface area contributed by atoms with Gasteiger partial charge >= 0.3 is 0 Å². The lowest BCUT2D eigenvalue weighted by Crippen LogP contribution is -2.30. The molecule has 2 aromatic rings. The lowest BCUT2D eigenvalue weighted by Gasteiger charge is -2.25. The molecule has 2 fully saturated rings. The van der Waals surface area contributed by atoms with Gasteiger partial charge in [0.05, 0.1) is 11.8 Å². The zero-order chi connectivity index (χ0) is 21.6. The number of fused-ring (bicyclic) bond motifs is 2. The first kappa shape index (κ1) is 21.1. The van der Waals surface area contributed by atoms with Gasteiger partial charge in [0.1, 0.15) is 22.7 Å². The quantitative estimate of drug-likeness (QED) is 0.738. The molecule has 3 atom stereocenters. The highest BCUT2D eigenvalue weighted by atomic mass is 35.5. The first-order chi connectivity index (χ1) is 14.1. The van der Waals surface area contributed by atoms with Crippen molar-refractivity contribution < 1.29 is 22.3 Å². The van der Waals surface area contributed by atoms with E-state index in [4.69, 9.17) is 16.3 Å². The number of rotatable bonds is 5. The summed E-state index contributed by atoms with van der Waals surface area (Å²) < 4.78 is 45.5. The summed E-state index contributed by atoms with van der Waals surface area (Å²) in [4.78, 5) is 16.2. The number of aryl methyl sites for hydroxylation is 1. The van der Waals surface area contributed by atoms with Gasteiger partial charge in [0.2, 0.25) is 10.0 Å². The van der Waals surface area contributed by atoms with Gasteiger partial charge in [-0.15, -0.1) is 0 Å². The molecule has 2 bridgehead atoms. The van der Waals surface area contributed by atoms with Gasteiger partial charge in [-0.2, -0.15) is 0 Å². The summed E-state index contributed by atoms with van der Waals surface area (Å²) in [6.45, 7) is 1.70. The fourth-order valence-electron chi connectivity index (χ4n) is 4.59. The second-order valence-electron chi connectivity index (χ2n) is 8.18. The zero-order valence-electron chi connectivity index (χ0n) is 16.6. The SMILES string of the molecule is Cc1cc(C(=O)NS(C)(=O)=O)c(F)cc1-c1cncc(Cl)c1O[C@H]1C[C@H]2CC[C@@H]1C2. The van der Waals surface area contributed by atoms with Crippen LogP contribution in [0.1, 0.15) is 41.6 Å². The average Bonchev–Trinajstić information content (AvgIpc) is 3.26. The molecule has 6 nitrogen and oxygen atoms in total. The second-order valence-corrected chi connectivity index (χ2v) is 10.3. The molecule has 2 aliphatic rings. The number of sulfonamides is 1. The lowest BCUT2D eigenvalue weighted by molar-refractivity contribution is 0.0977. The van der Waals surface area contributed by atoms with Crippen LogP contribution in [0, 0.1) is 24.6 Å². The zero-order valence-corrected chi connectivity index (χ0v) is 18.2. The molecule has 160 valence electrons. The smallest absolute Gasteiger partial charge is 0.267 e. The van der Waals surface area contributed by atoms with Crippen molar-refractivity contribution in [1.29, 1.82) is 0 Å². The summed E-state index contributed by atoms with van der Waals surface area (Å²) in [5.74, 6) is -0.210. The Hall–Kier alpha value is -2.19. The van der Waals surface area contributed by atoms with Crippen LogP contribution >= 0.6 is 11.6 Å². The molecule has 0 unspecified atom stereocenters. The van der Waals surface area contributed by atoms with Gasteiger partial charge in [-0.1, -0.05) is 11.6 Å². The molecule has 2 saturated carbocycles. The fourth-order valence-corrected chi connectivity index (χ4v) is 5.24. The van der Waals surface area contributed by atoms with E-state index in [2.05, 4.69) is 4.98 Å². The van der Waals surface area contributed by atoms with E-state index in [9.17, 15) is 17.6 Å². The Morgan fingerprint density at radius 1 is 1.23 bits per heavy atom. The van der Waals surface area contributed by atoms with Crippen molar-refractivity contribution in [2.45, 2.75) is 38.7 Å². The Labute approximate surface area is 179 Å².